The monoisotopic (exact) mass is 267 g/mol. The minimum Gasteiger partial charge on any atom is -0.465 e. The summed E-state index contributed by atoms with van der Waals surface area (Å²) in [6.45, 7) is 0. The molecule has 4 heteroatoms. The molecule has 1 aromatic carbocycles. The van der Waals surface area contributed by atoms with E-state index in [2.05, 4.69) is 26.7 Å². The van der Waals surface area contributed by atoms with Gasteiger partial charge in [-0.3, -0.25) is 0 Å². The van der Waals surface area contributed by atoms with Crippen molar-refractivity contribution in [1.82, 2.24) is 0 Å². The summed E-state index contributed by atoms with van der Waals surface area (Å²) in [5.74, 6) is -0.366. The number of aryl methyl sites for hydroxylation is 1. The van der Waals surface area contributed by atoms with Crippen LogP contribution in [0.25, 0.3) is 0 Å². The normalized spacial score (nSPS) is 9.40. The highest BCUT2D eigenvalue weighted by Crippen LogP contribution is 2.17. The molecule has 0 unspecified atom stereocenters. The lowest BCUT2D eigenvalue weighted by molar-refractivity contribution is 0.0600. The number of methoxy groups -OCH3 is 1. The molecule has 0 fully saturated rings. The van der Waals surface area contributed by atoms with Crippen molar-refractivity contribution in [2.24, 2.45) is 0 Å². The van der Waals surface area contributed by atoms with Crippen molar-refractivity contribution < 1.29 is 9.53 Å². The van der Waals surface area contributed by atoms with Gasteiger partial charge >= 0.3 is 5.97 Å². The van der Waals surface area contributed by atoms with E-state index >= 15 is 0 Å². The van der Waals surface area contributed by atoms with E-state index in [-0.39, 0.29) is 5.97 Å². The van der Waals surface area contributed by atoms with Gasteiger partial charge in [0.15, 0.2) is 0 Å². The van der Waals surface area contributed by atoms with Crippen LogP contribution < -0.4 is 0 Å². The van der Waals surface area contributed by atoms with Gasteiger partial charge in [0, 0.05) is 10.9 Å². The first-order valence-electron chi connectivity index (χ1n) is 4.42. The van der Waals surface area contributed by atoms with E-state index in [1.165, 1.54) is 7.11 Å². The van der Waals surface area contributed by atoms with Crippen LogP contribution in [0.15, 0.2) is 22.7 Å². The molecule has 1 aromatic rings. The Labute approximate surface area is 96.8 Å². The smallest absolute Gasteiger partial charge is 0.337 e. The summed E-state index contributed by atoms with van der Waals surface area (Å²) in [6, 6.07) is 7.40. The molecule has 15 heavy (non-hydrogen) atoms. The molecule has 0 aliphatic heterocycles. The Morgan fingerprint density at radius 1 is 1.53 bits per heavy atom. The van der Waals surface area contributed by atoms with E-state index in [0.29, 0.717) is 18.4 Å². The quantitative estimate of drug-likeness (QED) is 0.792. The molecule has 0 saturated carbocycles. The zero-order chi connectivity index (χ0) is 11.3. The van der Waals surface area contributed by atoms with E-state index in [1.807, 2.05) is 6.07 Å². The number of ether oxygens (including phenoxy) is 1. The molecule has 0 amide bonds. The van der Waals surface area contributed by atoms with E-state index < -0.39 is 0 Å². The average molecular weight is 268 g/mol. The lowest BCUT2D eigenvalue weighted by Crippen LogP contribution is -2.02. The van der Waals surface area contributed by atoms with Gasteiger partial charge in [-0.15, -0.1) is 0 Å². The van der Waals surface area contributed by atoms with E-state index in [4.69, 9.17) is 5.26 Å². The molecule has 1 rings (SSSR count). The zero-order valence-electron chi connectivity index (χ0n) is 8.29. The molecule has 78 valence electrons. The Morgan fingerprint density at radius 2 is 2.27 bits per heavy atom. The Bertz CT molecular complexity index is 410. The standard InChI is InChI=1S/C11H10BrNO2/c1-15-11(14)9-5-8(3-2-4-13)6-10(12)7-9/h5-7H,2-3H2,1H3. The summed E-state index contributed by atoms with van der Waals surface area (Å²) in [4.78, 5) is 11.3. The number of hydrogen-bond acceptors (Lipinski definition) is 3. The fraction of sp³-hybridized carbons (Fsp3) is 0.273. The van der Waals surface area contributed by atoms with Crippen LogP contribution >= 0.6 is 15.9 Å². The highest BCUT2D eigenvalue weighted by Gasteiger charge is 2.07. The first-order valence-corrected chi connectivity index (χ1v) is 5.21. The third kappa shape index (κ3) is 3.37. The zero-order valence-corrected chi connectivity index (χ0v) is 9.87. The first-order chi connectivity index (χ1) is 7.17. The SMILES string of the molecule is COC(=O)c1cc(Br)cc(CCC#N)c1. The highest BCUT2D eigenvalue weighted by molar-refractivity contribution is 9.10. The summed E-state index contributed by atoms with van der Waals surface area (Å²) in [5, 5.41) is 8.47. The summed E-state index contributed by atoms with van der Waals surface area (Å²) in [7, 11) is 1.35. The molecule has 0 heterocycles. The van der Waals surface area contributed by atoms with Crippen LogP contribution in [-0.2, 0) is 11.2 Å². The number of benzene rings is 1. The molecular weight excluding hydrogens is 258 g/mol. The van der Waals surface area contributed by atoms with Crippen LogP contribution in [0.5, 0.6) is 0 Å². The number of carbonyl (C=O) groups excluding carboxylic acids is 1. The molecule has 0 saturated heterocycles. The minimum atomic E-state index is -0.366. The van der Waals surface area contributed by atoms with Crippen LogP contribution in [0.4, 0.5) is 0 Å². The molecular formula is C11H10BrNO2. The van der Waals surface area contributed by atoms with Crippen LogP contribution in [0.3, 0.4) is 0 Å². The highest BCUT2D eigenvalue weighted by atomic mass is 79.9. The van der Waals surface area contributed by atoms with Crippen molar-refractivity contribution in [3.05, 3.63) is 33.8 Å². The number of carbonyl (C=O) groups is 1. The molecule has 0 aromatic heterocycles. The maximum atomic E-state index is 11.3. The Morgan fingerprint density at radius 3 is 2.87 bits per heavy atom. The maximum absolute atomic E-state index is 11.3. The molecule has 0 radical (unpaired) electrons. The number of halogens is 1. The van der Waals surface area contributed by atoms with Crippen molar-refractivity contribution in [3.63, 3.8) is 0 Å². The van der Waals surface area contributed by atoms with Gasteiger partial charge in [0.05, 0.1) is 18.7 Å². The molecule has 0 aliphatic rings. The molecule has 0 bridgehead atoms. The Kier molecular flexibility index (Phi) is 4.32. The number of hydrogen-bond donors (Lipinski definition) is 0. The van der Waals surface area contributed by atoms with E-state index in [1.54, 1.807) is 12.1 Å². The number of nitrogens with zero attached hydrogens (tertiary/aromatic N) is 1. The fourth-order valence-corrected chi connectivity index (χ4v) is 1.77. The van der Waals surface area contributed by atoms with Crippen LogP contribution in [0, 0.1) is 11.3 Å². The van der Waals surface area contributed by atoms with E-state index in [0.717, 1.165) is 10.0 Å². The van der Waals surface area contributed by atoms with Crippen molar-refractivity contribution in [2.75, 3.05) is 7.11 Å². The minimum absolute atomic E-state index is 0.366. The van der Waals surface area contributed by atoms with Crippen LogP contribution in [0.2, 0.25) is 0 Å². The van der Waals surface area contributed by atoms with Crippen LogP contribution in [0.1, 0.15) is 22.3 Å². The van der Waals surface area contributed by atoms with E-state index in [9.17, 15) is 4.79 Å². The van der Waals surface area contributed by atoms with Gasteiger partial charge < -0.3 is 4.74 Å². The molecule has 0 spiro atoms. The molecule has 0 atom stereocenters. The summed E-state index contributed by atoms with van der Waals surface area (Å²) in [5.41, 5.74) is 1.45. The lowest BCUT2D eigenvalue weighted by atomic mass is 10.1. The van der Waals surface area contributed by atoms with Gasteiger partial charge in [0.1, 0.15) is 0 Å². The van der Waals surface area contributed by atoms with Gasteiger partial charge in [-0.05, 0) is 30.2 Å². The van der Waals surface area contributed by atoms with Gasteiger partial charge in [0.25, 0.3) is 0 Å². The number of rotatable bonds is 3. The second-order valence-electron chi connectivity index (χ2n) is 3.00. The van der Waals surface area contributed by atoms with Crippen molar-refractivity contribution in [2.45, 2.75) is 12.8 Å². The summed E-state index contributed by atoms with van der Waals surface area (Å²) in [6.07, 6.45) is 1.08. The second-order valence-corrected chi connectivity index (χ2v) is 3.91. The third-order valence-corrected chi connectivity index (χ3v) is 2.36. The predicted octanol–water partition coefficient (Wildman–Crippen LogP) is 2.69. The molecule has 0 N–H and O–H groups in total. The number of esters is 1. The Balaban J connectivity index is 2.95. The largest absolute Gasteiger partial charge is 0.465 e. The third-order valence-electron chi connectivity index (χ3n) is 1.90. The lowest BCUT2D eigenvalue weighted by Gasteiger charge is -2.03. The fourth-order valence-electron chi connectivity index (χ4n) is 1.23. The second kappa shape index (κ2) is 5.52. The molecule has 0 aliphatic carbocycles. The summed E-state index contributed by atoms with van der Waals surface area (Å²) < 4.78 is 5.44. The van der Waals surface area contributed by atoms with Crippen molar-refractivity contribution in [1.29, 1.82) is 5.26 Å². The van der Waals surface area contributed by atoms with Crippen molar-refractivity contribution >= 4 is 21.9 Å². The van der Waals surface area contributed by atoms with Crippen molar-refractivity contribution in [3.8, 4) is 6.07 Å². The van der Waals surface area contributed by atoms with Gasteiger partial charge in [0.2, 0.25) is 0 Å². The first kappa shape index (κ1) is 11.7. The van der Waals surface area contributed by atoms with Gasteiger partial charge in [-0.2, -0.15) is 5.26 Å². The summed E-state index contributed by atoms with van der Waals surface area (Å²) >= 11 is 3.31. The molecule has 3 nitrogen and oxygen atoms in total. The number of nitriles is 1. The van der Waals surface area contributed by atoms with Gasteiger partial charge in [-0.1, -0.05) is 15.9 Å². The average Bonchev–Trinajstić information content (AvgIpc) is 2.24. The Hall–Kier alpha value is -1.34. The maximum Gasteiger partial charge on any atom is 0.337 e. The van der Waals surface area contributed by atoms with Crippen LogP contribution in [-0.4, -0.2) is 13.1 Å². The predicted molar refractivity (Wildman–Crippen MR) is 59.4 cm³/mol. The topological polar surface area (TPSA) is 50.1 Å². The van der Waals surface area contributed by atoms with Gasteiger partial charge in [-0.25, -0.2) is 4.79 Å².